The van der Waals surface area contributed by atoms with Crippen molar-refractivity contribution in [1.82, 2.24) is 9.88 Å². The lowest BCUT2D eigenvalue weighted by Crippen LogP contribution is -2.42. The van der Waals surface area contributed by atoms with Crippen LogP contribution in [0, 0.1) is 12.8 Å². The first-order valence-electron chi connectivity index (χ1n) is 6.02. The van der Waals surface area contributed by atoms with E-state index in [1.807, 2.05) is 6.92 Å². The minimum Gasteiger partial charge on any atom is -0.481 e. The summed E-state index contributed by atoms with van der Waals surface area (Å²) in [5, 5.41) is 8.99. The molecular weight excluding hydrogens is 232 g/mol. The summed E-state index contributed by atoms with van der Waals surface area (Å²) in [7, 11) is 0. The number of hydrogen-bond acceptors (Lipinski definition) is 3. The third kappa shape index (κ3) is 2.67. The van der Waals surface area contributed by atoms with Gasteiger partial charge >= 0.3 is 5.97 Å². The van der Waals surface area contributed by atoms with Crippen molar-refractivity contribution >= 4 is 11.9 Å². The molecule has 0 aliphatic carbocycles. The molecule has 5 heteroatoms. The maximum atomic E-state index is 12.2. The predicted octanol–water partition coefficient (Wildman–Crippen LogP) is 1.33. The second-order valence-corrected chi connectivity index (χ2v) is 4.62. The zero-order valence-corrected chi connectivity index (χ0v) is 10.3. The van der Waals surface area contributed by atoms with Crippen molar-refractivity contribution in [2.45, 2.75) is 19.8 Å². The largest absolute Gasteiger partial charge is 0.481 e. The highest BCUT2D eigenvalue weighted by Crippen LogP contribution is 2.18. The first-order chi connectivity index (χ1) is 8.58. The van der Waals surface area contributed by atoms with E-state index in [0.29, 0.717) is 25.1 Å². The third-order valence-electron chi connectivity index (χ3n) is 3.22. The molecule has 1 aliphatic rings. The van der Waals surface area contributed by atoms with Gasteiger partial charge in [0.25, 0.3) is 5.91 Å². The number of piperidine rings is 1. The van der Waals surface area contributed by atoms with Gasteiger partial charge < -0.3 is 10.0 Å². The van der Waals surface area contributed by atoms with Crippen LogP contribution in [0.25, 0.3) is 0 Å². The van der Waals surface area contributed by atoms with Crippen LogP contribution >= 0.6 is 0 Å². The molecule has 96 valence electrons. The summed E-state index contributed by atoms with van der Waals surface area (Å²) in [4.78, 5) is 28.8. The van der Waals surface area contributed by atoms with Crippen molar-refractivity contribution < 1.29 is 14.7 Å². The van der Waals surface area contributed by atoms with Gasteiger partial charge in [-0.15, -0.1) is 0 Å². The van der Waals surface area contributed by atoms with Gasteiger partial charge in [0.05, 0.1) is 11.5 Å². The highest BCUT2D eigenvalue weighted by atomic mass is 16.4. The Morgan fingerprint density at radius 2 is 2.22 bits per heavy atom. The Hall–Kier alpha value is -1.91. The van der Waals surface area contributed by atoms with Crippen molar-refractivity contribution in [3.05, 3.63) is 29.6 Å². The van der Waals surface area contributed by atoms with Gasteiger partial charge in [0, 0.05) is 25.0 Å². The Morgan fingerprint density at radius 3 is 2.83 bits per heavy atom. The molecule has 0 unspecified atom stereocenters. The Balaban J connectivity index is 2.09. The number of rotatable bonds is 2. The summed E-state index contributed by atoms with van der Waals surface area (Å²) in [6, 6.07) is 3.51. The van der Waals surface area contributed by atoms with E-state index in [1.54, 1.807) is 23.2 Å². The van der Waals surface area contributed by atoms with Gasteiger partial charge in [-0.2, -0.15) is 0 Å². The fraction of sp³-hybridized carbons (Fsp3) is 0.462. The molecule has 0 aromatic carbocycles. The number of amides is 1. The molecule has 1 aliphatic heterocycles. The summed E-state index contributed by atoms with van der Waals surface area (Å²) < 4.78 is 0. The molecule has 18 heavy (non-hydrogen) atoms. The topological polar surface area (TPSA) is 70.5 Å². The zero-order valence-electron chi connectivity index (χ0n) is 10.3. The van der Waals surface area contributed by atoms with Crippen LogP contribution in [0.4, 0.5) is 0 Å². The average Bonchev–Trinajstić information content (AvgIpc) is 2.39. The summed E-state index contributed by atoms with van der Waals surface area (Å²) in [6.07, 6.45) is 2.93. The van der Waals surface area contributed by atoms with Gasteiger partial charge in [-0.3, -0.25) is 14.6 Å². The maximum Gasteiger partial charge on any atom is 0.308 e. The van der Waals surface area contributed by atoms with Crippen molar-refractivity contribution in [3.8, 4) is 0 Å². The number of pyridine rings is 1. The van der Waals surface area contributed by atoms with Crippen molar-refractivity contribution in [3.63, 3.8) is 0 Å². The Labute approximate surface area is 105 Å². The Bertz CT molecular complexity index is 456. The molecule has 2 heterocycles. The monoisotopic (exact) mass is 248 g/mol. The van der Waals surface area contributed by atoms with E-state index in [0.717, 1.165) is 12.1 Å². The van der Waals surface area contributed by atoms with Gasteiger partial charge in [-0.05, 0) is 31.9 Å². The lowest BCUT2D eigenvalue weighted by molar-refractivity contribution is -0.143. The maximum absolute atomic E-state index is 12.2. The lowest BCUT2D eigenvalue weighted by Gasteiger charge is -2.30. The third-order valence-corrected chi connectivity index (χ3v) is 3.22. The van der Waals surface area contributed by atoms with Crippen molar-refractivity contribution in [2.24, 2.45) is 5.92 Å². The number of hydrogen-bond donors (Lipinski definition) is 1. The van der Waals surface area contributed by atoms with Gasteiger partial charge in [0.2, 0.25) is 0 Å². The number of carbonyl (C=O) groups excluding carboxylic acids is 1. The average molecular weight is 248 g/mol. The van der Waals surface area contributed by atoms with Gasteiger partial charge in [-0.25, -0.2) is 0 Å². The zero-order chi connectivity index (χ0) is 13.1. The fourth-order valence-electron chi connectivity index (χ4n) is 2.14. The van der Waals surface area contributed by atoms with Gasteiger partial charge in [-0.1, -0.05) is 0 Å². The minimum atomic E-state index is -0.825. The molecule has 1 atom stereocenters. The molecule has 1 fully saturated rings. The van der Waals surface area contributed by atoms with Crippen molar-refractivity contribution in [1.29, 1.82) is 0 Å². The SMILES string of the molecule is Cc1ccc(C(=O)N2CCC[C@@H](C(=O)O)C2)cn1. The van der Waals surface area contributed by atoms with Crippen LogP contribution in [-0.2, 0) is 4.79 Å². The summed E-state index contributed by atoms with van der Waals surface area (Å²) in [6.45, 7) is 2.77. The highest BCUT2D eigenvalue weighted by molar-refractivity contribution is 5.94. The van der Waals surface area contributed by atoms with Crippen LogP contribution in [0.15, 0.2) is 18.3 Å². The van der Waals surface area contributed by atoms with Gasteiger partial charge in [0.15, 0.2) is 0 Å². The quantitative estimate of drug-likeness (QED) is 0.857. The van der Waals surface area contributed by atoms with E-state index in [1.165, 1.54) is 0 Å². The molecule has 0 spiro atoms. The van der Waals surface area contributed by atoms with E-state index in [4.69, 9.17) is 5.11 Å². The van der Waals surface area contributed by atoms with E-state index >= 15 is 0 Å². The molecular formula is C13H16N2O3. The number of aryl methyl sites for hydroxylation is 1. The Morgan fingerprint density at radius 1 is 1.44 bits per heavy atom. The first-order valence-corrected chi connectivity index (χ1v) is 6.02. The number of aliphatic carboxylic acids is 1. The normalized spacial score (nSPS) is 19.6. The molecule has 1 aromatic heterocycles. The van der Waals surface area contributed by atoms with E-state index in [-0.39, 0.29) is 5.91 Å². The first kappa shape index (κ1) is 12.5. The summed E-state index contributed by atoms with van der Waals surface area (Å²) >= 11 is 0. The van der Waals surface area contributed by atoms with Crippen LogP contribution in [0.2, 0.25) is 0 Å². The number of carboxylic acid groups (broad SMARTS) is 1. The van der Waals surface area contributed by atoms with E-state index in [2.05, 4.69) is 4.98 Å². The standard InChI is InChI=1S/C13H16N2O3/c1-9-4-5-10(7-14-9)12(16)15-6-2-3-11(8-15)13(17)18/h4-5,7,11H,2-3,6,8H2,1H3,(H,17,18)/t11-/m1/s1. The Kier molecular flexibility index (Phi) is 3.60. The van der Waals surface area contributed by atoms with Gasteiger partial charge in [0.1, 0.15) is 0 Å². The molecule has 1 aromatic rings. The molecule has 1 N–H and O–H groups in total. The number of carbonyl (C=O) groups is 2. The second-order valence-electron chi connectivity index (χ2n) is 4.62. The molecule has 0 radical (unpaired) electrons. The number of aromatic nitrogens is 1. The smallest absolute Gasteiger partial charge is 0.308 e. The second kappa shape index (κ2) is 5.16. The highest BCUT2D eigenvalue weighted by Gasteiger charge is 2.28. The summed E-state index contributed by atoms with van der Waals surface area (Å²) in [5.74, 6) is -1.40. The lowest BCUT2D eigenvalue weighted by atomic mass is 9.98. The fourth-order valence-corrected chi connectivity index (χ4v) is 2.14. The summed E-state index contributed by atoms with van der Waals surface area (Å²) in [5.41, 5.74) is 1.38. The minimum absolute atomic E-state index is 0.131. The number of likely N-dealkylation sites (tertiary alicyclic amines) is 1. The van der Waals surface area contributed by atoms with E-state index in [9.17, 15) is 9.59 Å². The molecule has 2 rings (SSSR count). The van der Waals surface area contributed by atoms with E-state index < -0.39 is 11.9 Å². The molecule has 5 nitrogen and oxygen atoms in total. The molecule has 1 amide bonds. The van der Waals surface area contributed by atoms with Crippen LogP contribution in [0.1, 0.15) is 28.9 Å². The number of nitrogens with zero attached hydrogens (tertiary/aromatic N) is 2. The van der Waals surface area contributed by atoms with Crippen LogP contribution in [0.5, 0.6) is 0 Å². The van der Waals surface area contributed by atoms with Crippen LogP contribution in [-0.4, -0.2) is 40.0 Å². The predicted molar refractivity (Wildman–Crippen MR) is 65.2 cm³/mol. The number of carboxylic acids is 1. The molecule has 1 saturated heterocycles. The van der Waals surface area contributed by atoms with Crippen LogP contribution in [0.3, 0.4) is 0 Å². The molecule has 0 bridgehead atoms. The molecule has 0 saturated carbocycles. The van der Waals surface area contributed by atoms with Crippen molar-refractivity contribution in [2.75, 3.05) is 13.1 Å². The van der Waals surface area contributed by atoms with Crippen LogP contribution < -0.4 is 0 Å².